The molecule has 196 valence electrons. The first-order valence-electron chi connectivity index (χ1n) is 12.2. The summed E-state index contributed by atoms with van der Waals surface area (Å²) in [7, 11) is 3.64. The number of hydrogen-bond acceptors (Lipinski definition) is 8. The average Bonchev–Trinajstić information content (AvgIpc) is 2.86. The van der Waals surface area contributed by atoms with E-state index in [4.69, 9.17) is 5.73 Å². The average molecular weight is 517 g/mol. The first-order valence-corrected chi connectivity index (χ1v) is 12.2. The van der Waals surface area contributed by atoms with Gasteiger partial charge >= 0.3 is 0 Å². The largest absolute Gasteiger partial charge is 0.511 e. The zero-order valence-electron chi connectivity index (χ0n) is 20.9. The van der Waals surface area contributed by atoms with Gasteiger partial charge in [0.1, 0.15) is 22.8 Å². The number of aliphatic hydroxyl groups excluding tert-OH is 2. The minimum Gasteiger partial charge on any atom is -0.511 e. The summed E-state index contributed by atoms with van der Waals surface area (Å²) in [5.41, 5.74) is 4.25. The summed E-state index contributed by atoms with van der Waals surface area (Å²) in [5.74, 6) is -6.41. The van der Waals surface area contributed by atoms with Crippen LogP contribution in [0.25, 0.3) is 12.2 Å². The lowest BCUT2D eigenvalue weighted by Crippen LogP contribution is -2.57. The van der Waals surface area contributed by atoms with Gasteiger partial charge in [-0.2, -0.15) is 0 Å². The molecule has 0 fully saturated rings. The number of phenols is 1. The lowest BCUT2D eigenvalue weighted by molar-refractivity contribution is -0.144. The van der Waals surface area contributed by atoms with Gasteiger partial charge in [-0.05, 0) is 36.0 Å². The maximum absolute atomic E-state index is 13.9. The molecule has 9 nitrogen and oxygen atoms in total. The van der Waals surface area contributed by atoms with Crippen LogP contribution in [0.5, 0.6) is 5.75 Å². The number of allylic oxidation sites excluding steroid dienone is 2. The summed E-state index contributed by atoms with van der Waals surface area (Å²) in [4.78, 5) is 40.7. The van der Waals surface area contributed by atoms with Crippen LogP contribution < -0.4 is 10.6 Å². The molecule has 1 amide bonds. The number of nitrogens with two attached hydrogens (primary N) is 1. The number of amides is 1. The second kappa shape index (κ2) is 8.88. The molecular formula is C29H28N2O7. The lowest BCUT2D eigenvalue weighted by atomic mass is 9.60. The summed E-state index contributed by atoms with van der Waals surface area (Å²) < 4.78 is 0. The molecule has 38 heavy (non-hydrogen) atoms. The van der Waals surface area contributed by atoms with Crippen LogP contribution in [0.2, 0.25) is 0 Å². The number of benzene rings is 2. The Morgan fingerprint density at radius 2 is 1.76 bits per heavy atom. The zero-order valence-corrected chi connectivity index (χ0v) is 20.9. The molecule has 0 unspecified atom stereocenters. The van der Waals surface area contributed by atoms with Crippen molar-refractivity contribution in [3.05, 3.63) is 81.3 Å². The second-order valence-corrected chi connectivity index (χ2v) is 10.2. The summed E-state index contributed by atoms with van der Waals surface area (Å²) in [6.07, 6.45) is 3.56. The SMILES string of the molecule is CN(C)c1cc(/C=C/c2ccccc2)c(O)c2c1C[C@H]1C[C@H]3CC(O)=C(C(N)=O)C(=O)[C@@]3(O)C(O)=C1C2=O. The summed E-state index contributed by atoms with van der Waals surface area (Å²) in [6.45, 7) is 0. The van der Waals surface area contributed by atoms with E-state index in [1.807, 2.05) is 49.3 Å². The smallest absolute Gasteiger partial charge is 0.255 e. The number of carbonyl (C=O) groups is 3. The van der Waals surface area contributed by atoms with Gasteiger partial charge in [0.2, 0.25) is 5.78 Å². The van der Waals surface area contributed by atoms with Gasteiger partial charge in [0.25, 0.3) is 5.91 Å². The third-order valence-corrected chi connectivity index (χ3v) is 7.80. The predicted molar refractivity (Wildman–Crippen MR) is 141 cm³/mol. The Kier molecular flexibility index (Phi) is 5.91. The molecule has 3 aliphatic carbocycles. The molecule has 3 aliphatic rings. The van der Waals surface area contributed by atoms with Crippen LogP contribution in [-0.4, -0.2) is 57.6 Å². The highest BCUT2D eigenvalue weighted by atomic mass is 16.3. The van der Waals surface area contributed by atoms with E-state index < -0.39 is 52.0 Å². The van der Waals surface area contributed by atoms with E-state index in [1.54, 1.807) is 18.2 Å². The molecule has 2 aromatic rings. The molecule has 6 N–H and O–H groups in total. The number of primary amides is 1. The molecule has 3 atom stereocenters. The molecule has 0 spiro atoms. The van der Waals surface area contributed by atoms with Gasteiger partial charge in [-0.3, -0.25) is 14.4 Å². The Balaban J connectivity index is 1.67. The van der Waals surface area contributed by atoms with E-state index in [9.17, 15) is 34.8 Å². The van der Waals surface area contributed by atoms with Crippen molar-refractivity contribution in [2.24, 2.45) is 17.6 Å². The number of anilines is 1. The Bertz CT molecular complexity index is 1490. The highest BCUT2D eigenvalue weighted by molar-refractivity contribution is 6.24. The number of fused-ring (bicyclic) bond motifs is 3. The zero-order chi connectivity index (χ0) is 27.5. The first kappa shape index (κ1) is 25.3. The van der Waals surface area contributed by atoms with Crippen molar-refractivity contribution in [3.8, 4) is 5.75 Å². The van der Waals surface area contributed by atoms with Gasteiger partial charge in [0, 0.05) is 43.3 Å². The van der Waals surface area contributed by atoms with Gasteiger partial charge < -0.3 is 31.1 Å². The predicted octanol–water partition coefficient (Wildman–Crippen LogP) is 2.82. The van der Waals surface area contributed by atoms with Crippen LogP contribution in [0.3, 0.4) is 0 Å². The fourth-order valence-electron chi connectivity index (χ4n) is 5.96. The number of ketones is 2. The van der Waals surface area contributed by atoms with Crippen LogP contribution in [0.4, 0.5) is 5.69 Å². The van der Waals surface area contributed by atoms with E-state index in [0.717, 1.165) is 5.56 Å². The molecule has 0 saturated carbocycles. The van der Waals surface area contributed by atoms with Crippen molar-refractivity contribution in [1.29, 1.82) is 0 Å². The Morgan fingerprint density at radius 3 is 2.39 bits per heavy atom. The number of carbonyl (C=O) groups excluding carboxylic acids is 3. The molecule has 0 aromatic heterocycles. The van der Waals surface area contributed by atoms with Crippen molar-refractivity contribution in [1.82, 2.24) is 0 Å². The van der Waals surface area contributed by atoms with Gasteiger partial charge in [-0.15, -0.1) is 0 Å². The number of aliphatic hydroxyl groups is 3. The molecule has 0 aliphatic heterocycles. The molecule has 0 bridgehead atoms. The van der Waals surface area contributed by atoms with Crippen molar-refractivity contribution in [2.45, 2.75) is 24.9 Å². The van der Waals surface area contributed by atoms with Gasteiger partial charge in [-0.25, -0.2) is 0 Å². The minimum absolute atomic E-state index is 0.0134. The maximum Gasteiger partial charge on any atom is 0.255 e. The fraction of sp³-hybridized carbons (Fsp3) is 0.276. The molecule has 0 saturated heterocycles. The molecule has 9 heteroatoms. The van der Waals surface area contributed by atoms with Crippen molar-refractivity contribution >= 4 is 35.3 Å². The van der Waals surface area contributed by atoms with E-state index in [0.29, 0.717) is 16.8 Å². The topological polar surface area (TPSA) is 161 Å². The van der Waals surface area contributed by atoms with E-state index in [2.05, 4.69) is 0 Å². The fourth-order valence-corrected chi connectivity index (χ4v) is 5.96. The third-order valence-electron chi connectivity index (χ3n) is 7.80. The molecule has 0 heterocycles. The second-order valence-electron chi connectivity index (χ2n) is 10.2. The molecular weight excluding hydrogens is 488 g/mol. The van der Waals surface area contributed by atoms with Crippen LogP contribution in [-0.2, 0) is 16.0 Å². The Labute approximate surface area is 218 Å². The Hall–Kier alpha value is -4.37. The quantitative estimate of drug-likeness (QED) is 0.306. The number of rotatable bonds is 4. The van der Waals surface area contributed by atoms with Crippen LogP contribution >= 0.6 is 0 Å². The van der Waals surface area contributed by atoms with Crippen LogP contribution in [0.15, 0.2) is 59.1 Å². The lowest BCUT2D eigenvalue weighted by Gasteiger charge is -2.45. The number of Topliss-reactive ketones (excluding diaryl/α,β-unsaturated/α-hetero) is 2. The highest BCUT2D eigenvalue weighted by Crippen LogP contribution is 2.52. The Morgan fingerprint density at radius 1 is 1.08 bits per heavy atom. The number of aromatic hydroxyl groups is 1. The van der Waals surface area contributed by atoms with E-state index >= 15 is 0 Å². The normalized spacial score (nSPS) is 24.8. The number of hydrogen-bond donors (Lipinski definition) is 5. The maximum atomic E-state index is 13.9. The monoisotopic (exact) mass is 516 g/mol. The number of phenolic OH excluding ortho intramolecular Hbond substituents is 1. The van der Waals surface area contributed by atoms with Crippen molar-refractivity contribution < 1.29 is 34.8 Å². The van der Waals surface area contributed by atoms with E-state index in [1.165, 1.54) is 0 Å². The summed E-state index contributed by atoms with van der Waals surface area (Å²) >= 11 is 0. The first-order chi connectivity index (χ1) is 18.0. The van der Waals surface area contributed by atoms with E-state index in [-0.39, 0.29) is 36.1 Å². The highest BCUT2D eigenvalue weighted by Gasteiger charge is 2.59. The molecule has 5 rings (SSSR count). The summed E-state index contributed by atoms with van der Waals surface area (Å²) in [5, 5.41) is 44.2. The van der Waals surface area contributed by atoms with Gasteiger partial charge in [-0.1, -0.05) is 42.5 Å². The van der Waals surface area contributed by atoms with Crippen molar-refractivity contribution in [3.63, 3.8) is 0 Å². The van der Waals surface area contributed by atoms with Crippen LogP contribution in [0, 0.1) is 11.8 Å². The van der Waals surface area contributed by atoms with Crippen molar-refractivity contribution in [2.75, 3.05) is 19.0 Å². The molecule has 2 aromatic carbocycles. The number of nitrogens with zero attached hydrogens (tertiary/aromatic N) is 1. The standard InChI is InChI=1S/C29H28N2O7/c1-31(2)19-12-15(9-8-14-6-4-3-5-7-14)24(33)22-18(19)11-16-10-17-13-20(32)23(28(30)37)27(36)29(17,38)26(35)21(16)25(22)34/h3-9,12,16-17,32-33,35,38H,10-11,13H2,1-2H3,(H2,30,37)/b9-8+/t16-,17+,29+/m1/s1. The van der Waals surface area contributed by atoms with Gasteiger partial charge in [0.15, 0.2) is 11.4 Å². The van der Waals surface area contributed by atoms with Crippen LogP contribution in [0.1, 0.15) is 39.9 Å². The van der Waals surface area contributed by atoms with Gasteiger partial charge in [0.05, 0.1) is 5.56 Å². The summed E-state index contributed by atoms with van der Waals surface area (Å²) in [6, 6.07) is 11.2. The third kappa shape index (κ3) is 3.61. The molecule has 0 radical (unpaired) electrons. The minimum atomic E-state index is -2.58.